The number of benzene rings is 1. The summed E-state index contributed by atoms with van der Waals surface area (Å²) in [4.78, 5) is 16.2. The van der Waals surface area contributed by atoms with Crippen molar-refractivity contribution >= 4 is 15.8 Å². The van der Waals surface area contributed by atoms with Crippen LogP contribution in [0.15, 0.2) is 53.7 Å². The van der Waals surface area contributed by atoms with Gasteiger partial charge in [-0.2, -0.15) is 4.31 Å². The number of nitrogens with zero attached hydrogens (tertiary/aromatic N) is 5. The van der Waals surface area contributed by atoms with Gasteiger partial charge in [0.2, 0.25) is 10.0 Å². The zero-order valence-electron chi connectivity index (χ0n) is 18.3. The van der Waals surface area contributed by atoms with Crippen LogP contribution in [0, 0.1) is 0 Å². The van der Waals surface area contributed by atoms with Crippen molar-refractivity contribution in [1.82, 2.24) is 19.3 Å². The summed E-state index contributed by atoms with van der Waals surface area (Å²) in [5.74, 6) is 1.88. The van der Waals surface area contributed by atoms with Crippen LogP contribution in [0.3, 0.4) is 0 Å². The average molecular weight is 468 g/mol. The number of methoxy groups -OCH3 is 1. The quantitative estimate of drug-likeness (QED) is 0.563. The minimum absolute atomic E-state index is 0.214. The topological polar surface area (TPSA) is 97.8 Å². The van der Waals surface area contributed by atoms with Crippen molar-refractivity contribution in [3.05, 3.63) is 60.0 Å². The fraction of sp³-hybridized carbons (Fsp3) is 0.348. The maximum atomic E-state index is 13.4. The zero-order valence-corrected chi connectivity index (χ0v) is 19.2. The summed E-state index contributed by atoms with van der Waals surface area (Å²) in [6.07, 6.45) is 3.96. The first-order valence-electron chi connectivity index (χ1n) is 10.8. The van der Waals surface area contributed by atoms with Crippen LogP contribution in [0.5, 0.6) is 5.75 Å². The molecule has 1 fully saturated rings. The van der Waals surface area contributed by atoms with E-state index >= 15 is 0 Å². The molecule has 0 bridgehead atoms. The maximum absolute atomic E-state index is 13.4. The van der Waals surface area contributed by atoms with Crippen LogP contribution in [-0.4, -0.2) is 67.6 Å². The summed E-state index contributed by atoms with van der Waals surface area (Å²) in [5.41, 5.74) is 2.56. The predicted octanol–water partition coefficient (Wildman–Crippen LogP) is 2.13. The van der Waals surface area contributed by atoms with Gasteiger partial charge in [0.15, 0.2) is 5.82 Å². The number of aromatic nitrogens is 3. The fourth-order valence-corrected chi connectivity index (χ4v) is 5.59. The van der Waals surface area contributed by atoms with Crippen molar-refractivity contribution in [2.24, 2.45) is 0 Å². The molecule has 0 aliphatic carbocycles. The lowest BCUT2D eigenvalue weighted by atomic mass is 10.1. The summed E-state index contributed by atoms with van der Waals surface area (Å²) < 4.78 is 39.1. The normalized spacial score (nSPS) is 16.9. The van der Waals surface area contributed by atoms with E-state index in [1.165, 1.54) is 11.4 Å². The van der Waals surface area contributed by atoms with Crippen molar-refractivity contribution in [3.63, 3.8) is 0 Å². The molecule has 172 valence electrons. The minimum Gasteiger partial charge on any atom is -0.497 e. The Bertz CT molecular complexity index is 1250. The second-order valence-corrected chi connectivity index (χ2v) is 9.84. The number of pyridine rings is 1. The molecule has 0 amide bonds. The van der Waals surface area contributed by atoms with E-state index in [4.69, 9.17) is 19.4 Å². The van der Waals surface area contributed by atoms with Crippen LogP contribution in [0.4, 0.5) is 5.82 Å². The van der Waals surface area contributed by atoms with Crippen LogP contribution in [0.25, 0.3) is 11.4 Å². The van der Waals surface area contributed by atoms with Gasteiger partial charge < -0.3 is 14.4 Å². The second kappa shape index (κ2) is 9.05. The zero-order chi connectivity index (χ0) is 22.8. The molecule has 0 N–H and O–H groups in total. The third-order valence-corrected chi connectivity index (χ3v) is 7.75. The number of ether oxygens (including phenoxy) is 2. The Kier molecular flexibility index (Phi) is 5.96. The average Bonchev–Trinajstić information content (AvgIpc) is 2.88. The molecule has 1 saturated heterocycles. The molecule has 4 heterocycles. The molecule has 2 aliphatic heterocycles. The number of morpholine rings is 1. The first-order valence-corrected chi connectivity index (χ1v) is 12.3. The summed E-state index contributed by atoms with van der Waals surface area (Å²) in [7, 11) is -2.18. The van der Waals surface area contributed by atoms with Gasteiger partial charge in [-0.05, 0) is 24.3 Å². The number of hydrogen-bond donors (Lipinski definition) is 0. The summed E-state index contributed by atoms with van der Waals surface area (Å²) in [6, 6.07) is 10.4. The standard InChI is InChI=1S/C23H25N5O4S/c1-31-18-5-2-6-19(14-18)33(29,30)28-9-7-21-20(16-28)23(27-10-12-32-13-11-27)26-22(25-21)17-4-3-8-24-15-17/h2-6,8,14-15H,7,9-13,16H2,1H3. The van der Waals surface area contributed by atoms with Crippen LogP contribution in [0.1, 0.15) is 11.3 Å². The summed E-state index contributed by atoms with van der Waals surface area (Å²) >= 11 is 0. The molecule has 2 aromatic heterocycles. The molecule has 5 rings (SSSR count). The van der Waals surface area contributed by atoms with Gasteiger partial charge in [-0.25, -0.2) is 18.4 Å². The van der Waals surface area contributed by atoms with Gasteiger partial charge in [-0.15, -0.1) is 0 Å². The molecule has 0 saturated carbocycles. The number of sulfonamides is 1. The van der Waals surface area contributed by atoms with Crippen molar-refractivity contribution in [2.45, 2.75) is 17.9 Å². The van der Waals surface area contributed by atoms with Gasteiger partial charge in [-0.1, -0.05) is 6.07 Å². The van der Waals surface area contributed by atoms with Gasteiger partial charge in [-0.3, -0.25) is 4.98 Å². The van der Waals surface area contributed by atoms with E-state index in [9.17, 15) is 8.42 Å². The SMILES string of the molecule is COc1cccc(S(=O)(=O)N2CCc3nc(-c4cccnc4)nc(N4CCOCC4)c3C2)c1. The van der Waals surface area contributed by atoms with Gasteiger partial charge >= 0.3 is 0 Å². The summed E-state index contributed by atoms with van der Waals surface area (Å²) in [6.45, 7) is 3.16. The molecule has 10 heteroatoms. The molecule has 9 nitrogen and oxygen atoms in total. The van der Waals surface area contributed by atoms with Crippen molar-refractivity contribution < 1.29 is 17.9 Å². The Balaban J connectivity index is 1.54. The molecule has 0 radical (unpaired) electrons. The Morgan fingerprint density at radius 3 is 2.67 bits per heavy atom. The highest BCUT2D eigenvalue weighted by molar-refractivity contribution is 7.89. The highest BCUT2D eigenvalue weighted by atomic mass is 32.2. The van der Waals surface area contributed by atoms with Crippen molar-refractivity contribution in [3.8, 4) is 17.1 Å². The first-order chi connectivity index (χ1) is 16.1. The monoisotopic (exact) mass is 467 g/mol. The van der Waals surface area contributed by atoms with E-state index in [1.54, 1.807) is 36.7 Å². The first kappa shape index (κ1) is 21.7. The summed E-state index contributed by atoms with van der Waals surface area (Å²) in [5, 5.41) is 0. The third-order valence-electron chi connectivity index (χ3n) is 5.91. The van der Waals surface area contributed by atoms with Gasteiger partial charge in [0, 0.05) is 62.2 Å². The largest absolute Gasteiger partial charge is 0.497 e. The van der Waals surface area contributed by atoms with Gasteiger partial charge in [0.1, 0.15) is 11.6 Å². The Hall–Kier alpha value is -3.08. The van der Waals surface area contributed by atoms with Crippen LogP contribution in [-0.2, 0) is 27.7 Å². The van der Waals surface area contributed by atoms with E-state index in [-0.39, 0.29) is 11.4 Å². The van der Waals surface area contributed by atoms with Crippen LogP contribution >= 0.6 is 0 Å². The van der Waals surface area contributed by atoms with Crippen molar-refractivity contribution in [1.29, 1.82) is 0 Å². The Morgan fingerprint density at radius 1 is 1.06 bits per heavy atom. The number of anilines is 1. The third kappa shape index (κ3) is 4.29. The van der Waals surface area contributed by atoms with E-state index in [2.05, 4.69) is 9.88 Å². The maximum Gasteiger partial charge on any atom is 0.243 e. The highest BCUT2D eigenvalue weighted by Crippen LogP contribution is 2.32. The molecule has 0 unspecified atom stereocenters. The van der Waals surface area contributed by atoms with Gasteiger partial charge in [0.05, 0.1) is 30.9 Å². The van der Waals surface area contributed by atoms with Gasteiger partial charge in [0.25, 0.3) is 0 Å². The van der Waals surface area contributed by atoms with Crippen LogP contribution in [0.2, 0.25) is 0 Å². The van der Waals surface area contributed by atoms with Crippen LogP contribution < -0.4 is 9.64 Å². The lowest BCUT2D eigenvalue weighted by Crippen LogP contribution is -2.41. The number of fused-ring (bicyclic) bond motifs is 1. The number of rotatable bonds is 5. The lowest BCUT2D eigenvalue weighted by Gasteiger charge is -2.34. The Labute approximate surface area is 193 Å². The molecular weight excluding hydrogens is 442 g/mol. The minimum atomic E-state index is -3.70. The van der Waals surface area contributed by atoms with E-state index in [1.807, 2.05) is 12.1 Å². The van der Waals surface area contributed by atoms with Crippen molar-refractivity contribution in [2.75, 3.05) is 44.9 Å². The number of hydrogen-bond acceptors (Lipinski definition) is 8. The smallest absolute Gasteiger partial charge is 0.243 e. The van der Waals surface area contributed by atoms with E-state index in [0.29, 0.717) is 50.8 Å². The Morgan fingerprint density at radius 2 is 1.91 bits per heavy atom. The second-order valence-electron chi connectivity index (χ2n) is 7.90. The highest BCUT2D eigenvalue weighted by Gasteiger charge is 2.33. The molecule has 0 spiro atoms. The fourth-order valence-electron chi connectivity index (χ4n) is 4.15. The molecule has 0 atom stereocenters. The van der Waals surface area contributed by atoms with E-state index in [0.717, 1.165) is 22.6 Å². The molecule has 33 heavy (non-hydrogen) atoms. The predicted molar refractivity (Wildman–Crippen MR) is 123 cm³/mol. The van der Waals surface area contributed by atoms with E-state index < -0.39 is 10.0 Å². The molecule has 2 aliphatic rings. The lowest BCUT2D eigenvalue weighted by molar-refractivity contribution is 0.122. The molecule has 1 aromatic carbocycles. The molecule has 3 aromatic rings. The molecular formula is C23H25N5O4S.